The van der Waals surface area contributed by atoms with E-state index in [1.54, 1.807) is 5.01 Å². The molecule has 1 heterocycles. The van der Waals surface area contributed by atoms with Crippen LogP contribution in [0.1, 0.15) is 12.5 Å². The lowest BCUT2D eigenvalue weighted by Crippen LogP contribution is -2.39. The number of rotatable bonds is 3. The Bertz CT molecular complexity index is 672. The second kappa shape index (κ2) is 5.50. The van der Waals surface area contributed by atoms with Gasteiger partial charge in [0.2, 0.25) is 0 Å². The minimum absolute atomic E-state index is 0.451. The number of nitrogens with one attached hydrogen (secondary N) is 2. The number of hydrogen-bond acceptors (Lipinski definition) is 4. The molecule has 3 nitrogen and oxygen atoms in total. The molecule has 0 bridgehead atoms. The zero-order valence-corrected chi connectivity index (χ0v) is 13.2. The highest BCUT2D eigenvalue weighted by Crippen LogP contribution is 2.45. The minimum Gasteiger partial charge on any atom is -0.291 e. The van der Waals surface area contributed by atoms with E-state index in [9.17, 15) is 0 Å². The molecule has 2 aromatic rings. The summed E-state index contributed by atoms with van der Waals surface area (Å²) >= 11 is 6.98. The molecule has 1 atom stereocenters. The van der Waals surface area contributed by atoms with Crippen molar-refractivity contribution in [2.75, 3.05) is 5.43 Å². The molecule has 5 heteroatoms. The predicted molar refractivity (Wildman–Crippen MR) is 93.6 cm³/mol. The normalized spacial score (nSPS) is 21.7. The summed E-state index contributed by atoms with van der Waals surface area (Å²) in [5.74, 6) is 0.451. The molecule has 0 aliphatic carbocycles. The molecule has 1 saturated heterocycles. The van der Waals surface area contributed by atoms with Crippen LogP contribution < -0.4 is 5.43 Å². The van der Waals surface area contributed by atoms with Gasteiger partial charge in [0, 0.05) is 0 Å². The predicted octanol–water partition coefficient (Wildman–Crippen LogP) is 4.24. The first-order chi connectivity index (χ1) is 10.1. The number of anilines is 1. The van der Waals surface area contributed by atoms with Crippen molar-refractivity contribution in [1.29, 1.82) is 5.41 Å². The van der Waals surface area contributed by atoms with Crippen molar-refractivity contribution < 1.29 is 0 Å². The Morgan fingerprint density at radius 3 is 2.24 bits per heavy atom. The van der Waals surface area contributed by atoms with Gasteiger partial charge in [0.1, 0.15) is 10.6 Å². The summed E-state index contributed by atoms with van der Waals surface area (Å²) in [5, 5.41) is 10.2. The highest BCUT2D eigenvalue weighted by atomic mass is 32.2. The number of thioether (sulfide) groups is 1. The lowest BCUT2D eigenvalue weighted by molar-refractivity contribution is 0.706. The first kappa shape index (κ1) is 14.1. The van der Waals surface area contributed by atoms with E-state index in [1.807, 2.05) is 67.6 Å². The third kappa shape index (κ3) is 2.54. The molecule has 0 saturated carbocycles. The van der Waals surface area contributed by atoms with E-state index < -0.39 is 4.75 Å². The van der Waals surface area contributed by atoms with E-state index in [1.165, 1.54) is 11.8 Å². The molecular formula is C16H15N3S2. The topological polar surface area (TPSA) is 39.1 Å². The van der Waals surface area contributed by atoms with E-state index in [-0.39, 0.29) is 0 Å². The molecule has 3 rings (SSSR count). The third-order valence-electron chi connectivity index (χ3n) is 3.49. The van der Waals surface area contributed by atoms with Crippen molar-refractivity contribution in [1.82, 2.24) is 5.01 Å². The van der Waals surface area contributed by atoms with Gasteiger partial charge in [0.05, 0.1) is 5.69 Å². The molecule has 2 aromatic carbocycles. The van der Waals surface area contributed by atoms with Gasteiger partial charge in [-0.25, -0.2) is 5.01 Å². The van der Waals surface area contributed by atoms with E-state index in [4.69, 9.17) is 17.6 Å². The summed E-state index contributed by atoms with van der Waals surface area (Å²) in [6, 6.07) is 19.8. The monoisotopic (exact) mass is 313 g/mol. The van der Waals surface area contributed by atoms with Crippen LogP contribution in [-0.2, 0) is 4.75 Å². The van der Waals surface area contributed by atoms with Crippen molar-refractivity contribution in [2.24, 2.45) is 0 Å². The fourth-order valence-electron chi connectivity index (χ4n) is 2.27. The maximum absolute atomic E-state index is 8.53. The zero-order valence-electron chi connectivity index (χ0n) is 11.5. The van der Waals surface area contributed by atoms with Crippen molar-refractivity contribution in [3.8, 4) is 0 Å². The fraction of sp³-hybridized carbons (Fsp3) is 0.125. The molecular weight excluding hydrogens is 298 g/mol. The van der Waals surface area contributed by atoms with Gasteiger partial charge in [0.15, 0.2) is 4.32 Å². The van der Waals surface area contributed by atoms with Gasteiger partial charge in [-0.1, -0.05) is 72.5 Å². The van der Waals surface area contributed by atoms with Crippen molar-refractivity contribution in [3.05, 3.63) is 66.2 Å². The van der Waals surface area contributed by atoms with Crippen molar-refractivity contribution in [3.63, 3.8) is 0 Å². The maximum atomic E-state index is 8.53. The van der Waals surface area contributed by atoms with Crippen LogP contribution in [0, 0.1) is 5.41 Å². The van der Waals surface area contributed by atoms with Crippen LogP contribution in [0.4, 0.5) is 5.69 Å². The van der Waals surface area contributed by atoms with Gasteiger partial charge in [-0.05, 0) is 24.6 Å². The van der Waals surface area contributed by atoms with Gasteiger partial charge >= 0.3 is 0 Å². The smallest absolute Gasteiger partial charge is 0.162 e. The summed E-state index contributed by atoms with van der Waals surface area (Å²) < 4.78 is 0.204. The molecule has 1 aliphatic rings. The van der Waals surface area contributed by atoms with E-state index in [0.29, 0.717) is 10.2 Å². The first-order valence-electron chi connectivity index (χ1n) is 6.60. The van der Waals surface area contributed by atoms with Crippen LogP contribution in [0.15, 0.2) is 60.7 Å². The van der Waals surface area contributed by atoms with E-state index >= 15 is 0 Å². The zero-order chi connectivity index (χ0) is 14.9. The highest BCUT2D eigenvalue weighted by molar-refractivity contribution is 8.24. The van der Waals surface area contributed by atoms with Gasteiger partial charge in [0.25, 0.3) is 0 Å². The Balaban J connectivity index is 1.89. The quantitative estimate of drug-likeness (QED) is 0.831. The number of amidine groups is 1. The Morgan fingerprint density at radius 1 is 1.05 bits per heavy atom. The number of hydrazine groups is 1. The van der Waals surface area contributed by atoms with Crippen LogP contribution in [0.3, 0.4) is 0 Å². The summed E-state index contributed by atoms with van der Waals surface area (Å²) in [6.07, 6.45) is 0. The summed E-state index contributed by atoms with van der Waals surface area (Å²) in [4.78, 5) is 0. The first-order valence-corrected chi connectivity index (χ1v) is 7.83. The minimum atomic E-state index is -0.458. The van der Waals surface area contributed by atoms with Gasteiger partial charge in [-0.2, -0.15) is 0 Å². The van der Waals surface area contributed by atoms with E-state index in [2.05, 4.69) is 5.43 Å². The third-order valence-corrected chi connectivity index (χ3v) is 5.12. The van der Waals surface area contributed by atoms with E-state index in [0.717, 1.165) is 11.3 Å². The SMILES string of the molecule is CC1(c2ccccc2)SC(=S)N(Nc2ccccc2)C1=N. The number of hydrogen-bond donors (Lipinski definition) is 2. The Kier molecular flexibility index (Phi) is 3.69. The van der Waals surface area contributed by atoms with Gasteiger partial charge in [-0.15, -0.1) is 0 Å². The molecule has 0 radical (unpaired) electrons. The average molecular weight is 313 g/mol. The largest absolute Gasteiger partial charge is 0.291 e. The summed E-state index contributed by atoms with van der Waals surface area (Å²) in [6.45, 7) is 2.04. The maximum Gasteiger partial charge on any atom is 0.162 e. The summed E-state index contributed by atoms with van der Waals surface area (Å²) in [7, 11) is 0. The second-order valence-electron chi connectivity index (χ2n) is 4.93. The second-order valence-corrected chi connectivity index (χ2v) is 6.98. The number of benzene rings is 2. The van der Waals surface area contributed by atoms with Crippen molar-refractivity contribution >= 4 is 39.8 Å². The molecule has 1 fully saturated rings. The Morgan fingerprint density at radius 2 is 1.62 bits per heavy atom. The number of nitrogens with zero attached hydrogens (tertiary/aromatic N) is 1. The molecule has 106 valence electrons. The van der Waals surface area contributed by atoms with Gasteiger partial charge in [-0.3, -0.25) is 10.8 Å². The highest BCUT2D eigenvalue weighted by Gasteiger charge is 2.45. The lowest BCUT2D eigenvalue weighted by Gasteiger charge is -2.25. The molecule has 1 aliphatic heterocycles. The average Bonchev–Trinajstić information content (AvgIpc) is 2.74. The summed E-state index contributed by atoms with van der Waals surface area (Å²) in [5.41, 5.74) is 5.21. The molecule has 2 N–H and O–H groups in total. The van der Waals surface area contributed by atoms with Crippen LogP contribution in [0.2, 0.25) is 0 Å². The molecule has 21 heavy (non-hydrogen) atoms. The van der Waals surface area contributed by atoms with Crippen LogP contribution in [0.5, 0.6) is 0 Å². The molecule has 0 aromatic heterocycles. The van der Waals surface area contributed by atoms with Crippen LogP contribution >= 0.6 is 24.0 Å². The molecule has 1 unspecified atom stereocenters. The fourth-order valence-corrected chi connectivity index (χ4v) is 3.92. The Hall–Kier alpha value is -1.85. The number of para-hydroxylation sites is 1. The standard InChI is InChI=1S/C16H15N3S2/c1-16(12-8-4-2-5-9-12)14(17)19(15(20)21-16)18-13-10-6-3-7-11-13/h2-11,17-18H,1H3. The van der Waals surface area contributed by atoms with Crippen LogP contribution in [-0.4, -0.2) is 15.2 Å². The van der Waals surface area contributed by atoms with Gasteiger partial charge < -0.3 is 0 Å². The molecule has 0 amide bonds. The Labute approximate surface area is 133 Å². The number of thiocarbonyl (C=S) groups is 1. The van der Waals surface area contributed by atoms with Crippen molar-refractivity contribution in [2.45, 2.75) is 11.7 Å². The van der Waals surface area contributed by atoms with Crippen LogP contribution in [0.25, 0.3) is 0 Å². The molecule has 0 spiro atoms. The lowest BCUT2D eigenvalue weighted by atomic mass is 9.99.